The Kier molecular flexibility index (Phi) is 6.45. The number of halogens is 1. The van der Waals surface area contributed by atoms with Gasteiger partial charge in [-0.05, 0) is 6.42 Å². The fourth-order valence-corrected chi connectivity index (χ4v) is 0.834. The molecule has 0 aliphatic rings. The summed E-state index contributed by atoms with van der Waals surface area (Å²) in [6, 6.07) is 0. The van der Waals surface area contributed by atoms with Crippen molar-refractivity contribution >= 4 is 6.29 Å². The third-order valence-corrected chi connectivity index (χ3v) is 1.48. The summed E-state index contributed by atoms with van der Waals surface area (Å²) in [5.41, 5.74) is 0. The van der Waals surface area contributed by atoms with Gasteiger partial charge < -0.3 is 4.79 Å². The Balaban J connectivity index is 2.95. The topological polar surface area (TPSA) is 17.1 Å². The third-order valence-electron chi connectivity index (χ3n) is 1.48. The number of rotatable bonds is 6. The van der Waals surface area contributed by atoms with Crippen molar-refractivity contribution in [1.82, 2.24) is 0 Å². The van der Waals surface area contributed by atoms with Crippen LogP contribution in [0.25, 0.3) is 0 Å². The van der Waals surface area contributed by atoms with Crippen molar-refractivity contribution in [1.29, 1.82) is 0 Å². The lowest BCUT2D eigenvalue weighted by atomic mass is 10.1. The number of carbonyl (C=O) groups is 1. The van der Waals surface area contributed by atoms with Crippen LogP contribution in [0.3, 0.4) is 0 Å². The van der Waals surface area contributed by atoms with Gasteiger partial charge in [-0.25, -0.2) is 4.39 Å². The summed E-state index contributed by atoms with van der Waals surface area (Å²) in [4.78, 5) is 9.79. The zero-order chi connectivity index (χ0) is 7.82. The zero-order valence-corrected chi connectivity index (χ0v) is 6.48. The average Bonchev–Trinajstić information content (AvgIpc) is 1.98. The van der Waals surface area contributed by atoms with Gasteiger partial charge in [-0.2, -0.15) is 0 Å². The Morgan fingerprint density at radius 3 is 2.60 bits per heavy atom. The van der Waals surface area contributed by atoms with Crippen LogP contribution >= 0.6 is 0 Å². The minimum atomic E-state index is -1.23. The van der Waals surface area contributed by atoms with E-state index in [1.807, 2.05) is 0 Å². The Morgan fingerprint density at radius 1 is 1.40 bits per heavy atom. The summed E-state index contributed by atoms with van der Waals surface area (Å²) in [5, 5.41) is 0. The van der Waals surface area contributed by atoms with Crippen molar-refractivity contribution in [3.63, 3.8) is 0 Å². The van der Waals surface area contributed by atoms with E-state index in [4.69, 9.17) is 0 Å². The second kappa shape index (κ2) is 6.72. The van der Waals surface area contributed by atoms with Crippen LogP contribution in [0.1, 0.15) is 39.0 Å². The molecule has 2 heteroatoms. The Bertz CT molecular complexity index is 83.3. The van der Waals surface area contributed by atoms with Gasteiger partial charge in [0.1, 0.15) is 0 Å². The number of aldehydes is 1. The smallest absolute Gasteiger partial charge is 0.155 e. The standard InChI is InChI=1S/C8H15FO/c1-2-3-4-5-6-8(9)7-10/h7-8H,2-6H2,1H3/t8-/m1/s1. The summed E-state index contributed by atoms with van der Waals surface area (Å²) in [7, 11) is 0. The summed E-state index contributed by atoms with van der Waals surface area (Å²) in [5.74, 6) is 0. The van der Waals surface area contributed by atoms with E-state index >= 15 is 0 Å². The molecule has 0 amide bonds. The number of alkyl halides is 1. The third kappa shape index (κ3) is 5.73. The molecule has 0 heterocycles. The largest absolute Gasteiger partial charge is 0.300 e. The first-order chi connectivity index (χ1) is 4.81. The fourth-order valence-electron chi connectivity index (χ4n) is 0.834. The average molecular weight is 146 g/mol. The molecule has 0 rings (SSSR count). The molecule has 60 valence electrons. The van der Waals surface area contributed by atoms with Crippen LogP contribution in [-0.2, 0) is 4.79 Å². The molecule has 0 saturated heterocycles. The quantitative estimate of drug-likeness (QED) is 0.415. The van der Waals surface area contributed by atoms with Gasteiger partial charge in [0.2, 0.25) is 0 Å². The van der Waals surface area contributed by atoms with Gasteiger partial charge in [-0.1, -0.05) is 32.6 Å². The van der Waals surface area contributed by atoms with Crippen LogP contribution in [0.2, 0.25) is 0 Å². The summed E-state index contributed by atoms with van der Waals surface area (Å²) in [6.45, 7) is 2.10. The minimum Gasteiger partial charge on any atom is -0.300 e. The summed E-state index contributed by atoms with van der Waals surface area (Å²) in [6.07, 6.45) is 3.74. The molecule has 0 fully saturated rings. The SMILES string of the molecule is CCCCCC[C@@H](F)C=O. The van der Waals surface area contributed by atoms with Crippen LogP contribution in [-0.4, -0.2) is 12.5 Å². The second-order valence-electron chi connectivity index (χ2n) is 2.50. The first kappa shape index (κ1) is 9.60. The van der Waals surface area contributed by atoms with E-state index in [-0.39, 0.29) is 0 Å². The molecular weight excluding hydrogens is 131 g/mol. The number of unbranched alkanes of at least 4 members (excludes halogenated alkanes) is 3. The second-order valence-corrected chi connectivity index (χ2v) is 2.50. The molecule has 0 N–H and O–H groups in total. The summed E-state index contributed by atoms with van der Waals surface area (Å²) >= 11 is 0. The van der Waals surface area contributed by atoms with Crippen LogP contribution < -0.4 is 0 Å². The maximum atomic E-state index is 12.2. The lowest BCUT2D eigenvalue weighted by Gasteiger charge is -1.98. The molecule has 0 spiro atoms. The highest BCUT2D eigenvalue weighted by atomic mass is 19.1. The van der Waals surface area contributed by atoms with E-state index in [1.54, 1.807) is 0 Å². The van der Waals surface area contributed by atoms with Crippen LogP contribution in [0.4, 0.5) is 4.39 Å². The minimum absolute atomic E-state index is 0.381. The Morgan fingerprint density at radius 2 is 2.10 bits per heavy atom. The number of carbonyl (C=O) groups excluding carboxylic acids is 1. The fraction of sp³-hybridized carbons (Fsp3) is 0.875. The van der Waals surface area contributed by atoms with Crippen molar-refractivity contribution in [2.45, 2.75) is 45.2 Å². The van der Waals surface area contributed by atoms with Crippen molar-refractivity contribution in [3.05, 3.63) is 0 Å². The van der Waals surface area contributed by atoms with Crippen molar-refractivity contribution < 1.29 is 9.18 Å². The van der Waals surface area contributed by atoms with Gasteiger partial charge in [0.05, 0.1) is 0 Å². The molecule has 1 nitrogen and oxygen atoms in total. The van der Waals surface area contributed by atoms with Gasteiger partial charge in [0, 0.05) is 0 Å². The molecule has 0 radical (unpaired) electrons. The van der Waals surface area contributed by atoms with E-state index in [0.717, 1.165) is 25.7 Å². The lowest BCUT2D eigenvalue weighted by molar-refractivity contribution is -0.112. The molecule has 0 saturated carbocycles. The molecule has 0 aromatic carbocycles. The molecular formula is C8H15FO. The van der Waals surface area contributed by atoms with Crippen molar-refractivity contribution in [2.24, 2.45) is 0 Å². The van der Waals surface area contributed by atoms with Gasteiger partial charge in [-0.3, -0.25) is 0 Å². The molecule has 0 aromatic heterocycles. The van der Waals surface area contributed by atoms with Gasteiger partial charge in [0.25, 0.3) is 0 Å². The monoisotopic (exact) mass is 146 g/mol. The van der Waals surface area contributed by atoms with E-state index in [2.05, 4.69) is 6.92 Å². The number of hydrogen-bond acceptors (Lipinski definition) is 1. The lowest BCUT2D eigenvalue weighted by Crippen LogP contribution is -1.99. The Labute approximate surface area is 61.6 Å². The van der Waals surface area contributed by atoms with Crippen molar-refractivity contribution in [3.8, 4) is 0 Å². The van der Waals surface area contributed by atoms with Gasteiger partial charge in [-0.15, -0.1) is 0 Å². The first-order valence-electron chi connectivity index (χ1n) is 3.90. The Hall–Kier alpha value is -0.400. The molecule has 0 bridgehead atoms. The highest BCUT2D eigenvalue weighted by Crippen LogP contribution is 2.05. The van der Waals surface area contributed by atoms with Crippen LogP contribution in [0.5, 0.6) is 0 Å². The summed E-state index contributed by atoms with van der Waals surface area (Å²) < 4.78 is 12.2. The maximum absolute atomic E-state index is 12.2. The molecule has 0 unspecified atom stereocenters. The molecule has 1 atom stereocenters. The molecule has 0 aliphatic heterocycles. The van der Waals surface area contributed by atoms with Gasteiger partial charge >= 0.3 is 0 Å². The van der Waals surface area contributed by atoms with Crippen LogP contribution in [0.15, 0.2) is 0 Å². The van der Waals surface area contributed by atoms with E-state index in [1.165, 1.54) is 0 Å². The molecule has 10 heavy (non-hydrogen) atoms. The zero-order valence-electron chi connectivity index (χ0n) is 6.48. The maximum Gasteiger partial charge on any atom is 0.155 e. The highest BCUT2D eigenvalue weighted by Gasteiger charge is 2.01. The molecule has 0 aromatic rings. The van der Waals surface area contributed by atoms with E-state index in [0.29, 0.717) is 12.7 Å². The van der Waals surface area contributed by atoms with Crippen molar-refractivity contribution in [2.75, 3.05) is 0 Å². The predicted molar refractivity (Wildman–Crippen MR) is 39.7 cm³/mol. The van der Waals surface area contributed by atoms with Crippen LogP contribution in [0, 0.1) is 0 Å². The normalized spacial score (nSPS) is 13.0. The van der Waals surface area contributed by atoms with Gasteiger partial charge in [0.15, 0.2) is 12.5 Å². The predicted octanol–water partition coefficient (Wildman–Crippen LogP) is 2.49. The van der Waals surface area contributed by atoms with E-state index in [9.17, 15) is 9.18 Å². The number of hydrogen-bond donors (Lipinski definition) is 0. The highest BCUT2D eigenvalue weighted by molar-refractivity contribution is 5.55. The van der Waals surface area contributed by atoms with E-state index < -0.39 is 6.17 Å². The molecule has 0 aliphatic carbocycles. The first-order valence-corrected chi connectivity index (χ1v) is 3.90.